The fourth-order valence-electron chi connectivity index (χ4n) is 2.20. The molecule has 3 rings (SSSR count). The van der Waals surface area contributed by atoms with Crippen LogP contribution in [0.4, 0.5) is 0 Å². The Labute approximate surface area is 117 Å². The summed E-state index contributed by atoms with van der Waals surface area (Å²) < 4.78 is 5.91. The maximum Gasteiger partial charge on any atom is 0.138 e. The van der Waals surface area contributed by atoms with Gasteiger partial charge in [0, 0.05) is 23.3 Å². The van der Waals surface area contributed by atoms with Crippen molar-refractivity contribution < 1.29 is 4.74 Å². The lowest BCUT2D eigenvalue weighted by Crippen LogP contribution is -2.19. The first-order valence-electron chi connectivity index (χ1n) is 6.39. The number of nitrogens with one attached hydrogen (secondary N) is 1. The molecule has 0 spiro atoms. The SMILES string of the molecule is Clc1ccc(-c2cncc(OC3CCNC3)c2)cc1. The zero-order valence-corrected chi connectivity index (χ0v) is 11.2. The fourth-order valence-corrected chi connectivity index (χ4v) is 2.33. The zero-order valence-electron chi connectivity index (χ0n) is 10.5. The molecule has 3 nitrogen and oxygen atoms in total. The van der Waals surface area contributed by atoms with Crippen molar-refractivity contribution in [2.45, 2.75) is 12.5 Å². The molecule has 98 valence electrons. The van der Waals surface area contributed by atoms with E-state index < -0.39 is 0 Å². The van der Waals surface area contributed by atoms with Gasteiger partial charge in [-0.3, -0.25) is 4.98 Å². The predicted molar refractivity (Wildman–Crippen MR) is 76.6 cm³/mol. The van der Waals surface area contributed by atoms with Crippen molar-refractivity contribution in [3.63, 3.8) is 0 Å². The molecule has 1 aromatic carbocycles. The van der Waals surface area contributed by atoms with Crippen LogP contribution < -0.4 is 10.1 Å². The van der Waals surface area contributed by atoms with Gasteiger partial charge in [0.1, 0.15) is 11.9 Å². The van der Waals surface area contributed by atoms with Crippen molar-refractivity contribution in [3.05, 3.63) is 47.7 Å². The molecule has 19 heavy (non-hydrogen) atoms. The topological polar surface area (TPSA) is 34.1 Å². The second-order valence-corrected chi connectivity index (χ2v) is 5.09. The van der Waals surface area contributed by atoms with Crippen molar-refractivity contribution in [1.29, 1.82) is 0 Å². The number of aromatic nitrogens is 1. The Morgan fingerprint density at radius 1 is 1.16 bits per heavy atom. The molecular weight excluding hydrogens is 260 g/mol. The van der Waals surface area contributed by atoms with Gasteiger partial charge in [0.05, 0.1) is 6.20 Å². The van der Waals surface area contributed by atoms with Crippen LogP contribution in [0.2, 0.25) is 5.02 Å². The van der Waals surface area contributed by atoms with E-state index in [1.807, 2.05) is 36.5 Å². The van der Waals surface area contributed by atoms with Crippen LogP contribution in [0.3, 0.4) is 0 Å². The third kappa shape index (κ3) is 3.06. The molecule has 0 aliphatic carbocycles. The molecule has 1 saturated heterocycles. The second kappa shape index (κ2) is 5.59. The number of hydrogen-bond acceptors (Lipinski definition) is 3. The average molecular weight is 275 g/mol. The third-order valence-electron chi connectivity index (χ3n) is 3.21. The number of halogens is 1. The molecule has 0 radical (unpaired) electrons. The first-order chi connectivity index (χ1) is 9.31. The second-order valence-electron chi connectivity index (χ2n) is 4.65. The normalized spacial score (nSPS) is 18.5. The van der Waals surface area contributed by atoms with Gasteiger partial charge in [0.2, 0.25) is 0 Å². The summed E-state index contributed by atoms with van der Waals surface area (Å²) in [5.74, 6) is 0.821. The van der Waals surface area contributed by atoms with E-state index in [9.17, 15) is 0 Å². The molecule has 1 aliphatic rings. The Morgan fingerprint density at radius 3 is 2.74 bits per heavy atom. The van der Waals surface area contributed by atoms with Crippen LogP contribution in [0.25, 0.3) is 11.1 Å². The summed E-state index contributed by atoms with van der Waals surface area (Å²) in [6.45, 7) is 1.93. The molecule has 2 heterocycles. The smallest absolute Gasteiger partial charge is 0.138 e. The van der Waals surface area contributed by atoms with Gasteiger partial charge >= 0.3 is 0 Å². The van der Waals surface area contributed by atoms with Crippen molar-refractivity contribution in [2.75, 3.05) is 13.1 Å². The van der Waals surface area contributed by atoms with E-state index in [4.69, 9.17) is 16.3 Å². The largest absolute Gasteiger partial charge is 0.487 e. The lowest BCUT2D eigenvalue weighted by atomic mass is 10.1. The van der Waals surface area contributed by atoms with Crippen LogP contribution >= 0.6 is 11.6 Å². The number of nitrogens with zero attached hydrogens (tertiary/aromatic N) is 1. The summed E-state index contributed by atoms with van der Waals surface area (Å²) >= 11 is 5.90. The summed E-state index contributed by atoms with van der Waals surface area (Å²) in [5.41, 5.74) is 2.13. The summed E-state index contributed by atoms with van der Waals surface area (Å²) in [4.78, 5) is 4.25. The predicted octanol–water partition coefficient (Wildman–Crippen LogP) is 3.14. The van der Waals surface area contributed by atoms with Gasteiger partial charge in [0.15, 0.2) is 0 Å². The highest BCUT2D eigenvalue weighted by Crippen LogP contribution is 2.25. The Balaban J connectivity index is 1.80. The summed E-state index contributed by atoms with van der Waals surface area (Å²) in [7, 11) is 0. The van der Waals surface area contributed by atoms with Crippen LogP contribution in [0, 0.1) is 0 Å². The van der Waals surface area contributed by atoms with Crippen molar-refractivity contribution in [2.24, 2.45) is 0 Å². The molecule has 1 fully saturated rings. The molecule has 1 aliphatic heterocycles. The standard InChI is InChI=1S/C15H15ClN2O/c16-13-3-1-11(2-4-13)12-7-15(10-18-8-12)19-14-5-6-17-9-14/h1-4,7-8,10,14,17H,5-6,9H2. The van der Waals surface area contributed by atoms with Crippen molar-refractivity contribution >= 4 is 11.6 Å². The molecule has 0 amide bonds. The highest BCUT2D eigenvalue weighted by atomic mass is 35.5. The van der Waals surface area contributed by atoms with Gasteiger partial charge in [0.25, 0.3) is 0 Å². The lowest BCUT2D eigenvalue weighted by Gasteiger charge is -2.12. The van der Waals surface area contributed by atoms with Crippen LogP contribution in [0.5, 0.6) is 5.75 Å². The number of hydrogen-bond donors (Lipinski definition) is 1. The van der Waals surface area contributed by atoms with Gasteiger partial charge in [-0.1, -0.05) is 23.7 Å². The number of ether oxygens (including phenoxy) is 1. The van der Waals surface area contributed by atoms with E-state index in [0.717, 1.165) is 41.4 Å². The van der Waals surface area contributed by atoms with E-state index in [0.29, 0.717) is 0 Å². The highest BCUT2D eigenvalue weighted by molar-refractivity contribution is 6.30. The minimum Gasteiger partial charge on any atom is -0.487 e. The van der Waals surface area contributed by atoms with Crippen LogP contribution in [0.15, 0.2) is 42.7 Å². The van der Waals surface area contributed by atoms with Crippen molar-refractivity contribution in [3.8, 4) is 16.9 Å². The van der Waals surface area contributed by atoms with Gasteiger partial charge < -0.3 is 10.1 Å². The molecule has 2 aromatic rings. The fraction of sp³-hybridized carbons (Fsp3) is 0.267. The van der Waals surface area contributed by atoms with Crippen molar-refractivity contribution in [1.82, 2.24) is 10.3 Å². The molecular formula is C15H15ClN2O. The Hall–Kier alpha value is -1.58. The zero-order chi connectivity index (χ0) is 13.1. The first kappa shape index (κ1) is 12.5. The molecule has 1 unspecified atom stereocenters. The molecule has 1 N–H and O–H groups in total. The van der Waals surface area contributed by atoms with Gasteiger partial charge in [-0.2, -0.15) is 0 Å². The lowest BCUT2D eigenvalue weighted by molar-refractivity contribution is 0.222. The maximum absolute atomic E-state index is 5.91. The van der Waals surface area contributed by atoms with E-state index in [1.165, 1.54) is 0 Å². The van der Waals surface area contributed by atoms with Crippen LogP contribution in [-0.4, -0.2) is 24.2 Å². The summed E-state index contributed by atoms with van der Waals surface area (Å²) in [5, 5.41) is 4.02. The van der Waals surface area contributed by atoms with E-state index in [2.05, 4.69) is 10.3 Å². The van der Waals surface area contributed by atoms with E-state index in [1.54, 1.807) is 6.20 Å². The van der Waals surface area contributed by atoms with E-state index >= 15 is 0 Å². The monoisotopic (exact) mass is 274 g/mol. The molecule has 1 aromatic heterocycles. The third-order valence-corrected chi connectivity index (χ3v) is 3.46. The van der Waals surface area contributed by atoms with Gasteiger partial charge in [-0.15, -0.1) is 0 Å². The quantitative estimate of drug-likeness (QED) is 0.934. The Bertz CT molecular complexity index is 550. The average Bonchev–Trinajstić information content (AvgIpc) is 2.93. The molecule has 1 atom stereocenters. The maximum atomic E-state index is 5.91. The Morgan fingerprint density at radius 2 is 2.00 bits per heavy atom. The minimum absolute atomic E-state index is 0.252. The van der Waals surface area contributed by atoms with Crippen LogP contribution in [0.1, 0.15) is 6.42 Å². The van der Waals surface area contributed by atoms with Crippen LogP contribution in [-0.2, 0) is 0 Å². The van der Waals surface area contributed by atoms with Gasteiger partial charge in [-0.25, -0.2) is 0 Å². The highest BCUT2D eigenvalue weighted by Gasteiger charge is 2.16. The number of rotatable bonds is 3. The van der Waals surface area contributed by atoms with E-state index in [-0.39, 0.29) is 6.10 Å². The summed E-state index contributed by atoms with van der Waals surface area (Å²) in [6, 6.07) is 9.76. The molecule has 0 bridgehead atoms. The first-order valence-corrected chi connectivity index (χ1v) is 6.77. The Kier molecular flexibility index (Phi) is 3.67. The minimum atomic E-state index is 0.252. The number of benzene rings is 1. The summed E-state index contributed by atoms with van der Waals surface area (Å²) in [6.07, 6.45) is 4.90. The van der Waals surface area contributed by atoms with Gasteiger partial charge in [-0.05, 0) is 36.7 Å². The molecule has 4 heteroatoms. The molecule has 0 saturated carbocycles. The number of pyridine rings is 1.